The van der Waals surface area contributed by atoms with Crippen LogP contribution in [0.4, 0.5) is 0 Å². The number of guanidine groups is 1. The van der Waals surface area contributed by atoms with Crippen molar-refractivity contribution in [2.75, 3.05) is 7.05 Å². The summed E-state index contributed by atoms with van der Waals surface area (Å²) in [6.07, 6.45) is 1.64. The molecule has 5 nitrogen and oxygen atoms in total. The summed E-state index contributed by atoms with van der Waals surface area (Å²) in [4.78, 5) is 9.66. The topological polar surface area (TPSA) is 62.5 Å². The molecule has 26 heavy (non-hydrogen) atoms. The quantitative estimate of drug-likeness (QED) is 0.275. The first kappa shape index (κ1) is 21.0. The van der Waals surface area contributed by atoms with Gasteiger partial charge in [0, 0.05) is 23.6 Å². The van der Waals surface area contributed by atoms with Crippen LogP contribution in [0.5, 0.6) is 0 Å². The van der Waals surface area contributed by atoms with Crippen molar-refractivity contribution in [2.24, 2.45) is 4.99 Å². The van der Waals surface area contributed by atoms with Gasteiger partial charge in [-0.25, -0.2) is 4.98 Å². The molecule has 0 aliphatic heterocycles. The van der Waals surface area contributed by atoms with Crippen molar-refractivity contribution in [3.8, 4) is 10.8 Å². The third kappa shape index (κ3) is 5.60. The Bertz CT molecular complexity index is 868. The van der Waals surface area contributed by atoms with Crippen molar-refractivity contribution in [3.63, 3.8) is 0 Å². The standard InChI is InChI=1S/C17H16Cl2N4OS.HI/c1-20-17(21-8-11-4-5-12(18)7-14(11)19)22-9-13-10-24-16(23-13)15-3-2-6-25-15;/h2-7,10H,8-9H2,1H3,(H2,20,21,22);1H. The van der Waals surface area contributed by atoms with E-state index in [-0.39, 0.29) is 24.0 Å². The number of nitrogens with one attached hydrogen (secondary N) is 2. The van der Waals surface area contributed by atoms with Crippen LogP contribution in [0.2, 0.25) is 10.0 Å². The van der Waals surface area contributed by atoms with Crippen LogP contribution in [0.3, 0.4) is 0 Å². The van der Waals surface area contributed by atoms with Crippen molar-refractivity contribution < 1.29 is 4.42 Å². The van der Waals surface area contributed by atoms with Crippen LogP contribution in [-0.2, 0) is 13.1 Å². The lowest BCUT2D eigenvalue weighted by Gasteiger charge is -2.12. The van der Waals surface area contributed by atoms with Gasteiger partial charge in [-0.05, 0) is 29.1 Å². The van der Waals surface area contributed by atoms with Gasteiger partial charge in [-0.1, -0.05) is 35.3 Å². The minimum Gasteiger partial charge on any atom is -0.443 e. The van der Waals surface area contributed by atoms with Gasteiger partial charge in [-0.15, -0.1) is 35.3 Å². The highest BCUT2D eigenvalue weighted by molar-refractivity contribution is 14.0. The summed E-state index contributed by atoms with van der Waals surface area (Å²) in [5.41, 5.74) is 1.74. The molecule has 3 rings (SSSR count). The summed E-state index contributed by atoms with van der Waals surface area (Å²) >= 11 is 13.7. The number of oxazole rings is 1. The number of rotatable bonds is 5. The molecule has 2 N–H and O–H groups in total. The summed E-state index contributed by atoms with van der Waals surface area (Å²) in [5.74, 6) is 1.27. The van der Waals surface area contributed by atoms with E-state index < -0.39 is 0 Å². The summed E-state index contributed by atoms with van der Waals surface area (Å²) in [6.45, 7) is 1.04. The molecule has 3 aromatic rings. The second-order valence-corrected chi connectivity index (χ2v) is 6.93. The lowest BCUT2D eigenvalue weighted by atomic mass is 10.2. The smallest absolute Gasteiger partial charge is 0.236 e. The number of aromatic nitrogens is 1. The molecule has 0 unspecified atom stereocenters. The van der Waals surface area contributed by atoms with E-state index in [0.29, 0.717) is 35.0 Å². The molecule has 138 valence electrons. The fraction of sp³-hybridized carbons (Fsp3) is 0.176. The van der Waals surface area contributed by atoms with Crippen LogP contribution in [0, 0.1) is 0 Å². The maximum Gasteiger partial charge on any atom is 0.236 e. The molecule has 0 aliphatic rings. The molecular formula is C17H17Cl2IN4OS. The van der Waals surface area contributed by atoms with Crippen LogP contribution >= 0.6 is 58.5 Å². The molecule has 1 aromatic carbocycles. The second kappa shape index (κ2) is 10.1. The number of thiophene rings is 1. The van der Waals surface area contributed by atoms with Gasteiger partial charge < -0.3 is 15.1 Å². The first-order valence-electron chi connectivity index (χ1n) is 7.52. The average Bonchev–Trinajstić information content (AvgIpc) is 3.27. The van der Waals surface area contributed by atoms with Gasteiger partial charge in [0.25, 0.3) is 0 Å². The van der Waals surface area contributed by atoms with E-state index in [0.717, 1.165) is 16.1 Å². The highest BCUT2D eigenvalue weighted by atomic mass is 127. The van der Waals surface area contributed by atoms with Gasteiger partial charge >= 0.3 is 0 Å². The Hall–Kier alpha value is -1.29. The summed E-state index contributed by atoms with van der Waals surface area (Å²) < 4.78 is 5.50. The highest BCUT2D eigenvalue weighted by Crippen LogP contribution is 2.23. The van der Waals surface area contributed by atoms with Crippen LogP contribution in [0.1, 0.15) is 11.3 Å². The van der Waals surface area contributed by atoms with E-state index in [9.17, 15) is 0 Å². The lowest BCUT2D eigenvalue weighted by Crippen LogP contribution is -2.36. The van der Waals surface area contributed by atoms with Gasteiger partial charge in [-0.2, -0.15) is 0 Å². The molecule has 0 atom stereocenters. The lowest BCUT2D eigenvalue weighted by molar-refractivity contribution is 0.573. The zero-order valence-electron chi connectivity index (χ0n) is 13.8. The molecule has 0 amide bonds. The zero-order valence-corrected chi connectivity index (χ0v) is 18.5. The van der Waals surface area contributed by atoms with Gasteiger partial charge in [0.1, 0.15) is 6.26 Å². The number of hydrogen-bond donors (Lipinski definition) is 2. The first-order valence-corrected chi connectivity index (χ1v) is 9.16. The molecule has 0 bridgehead atoms. The van der Waals surface area contributed by atoms with E-state index in [1.54, 1.807) is 30.7 Å². The highest BCUT2D eigenvalue weighted by Gasteiger charge is 2.08. The van der Waals surface area contributed by atoms with Gasteiger partial charge in [0.05, 0.1) is 17.1 Å². The normalized spacial score (nSPS) is 11.1. The first-order chi connectivity index (χ1) is 12.2. The molecular weight excluding hydrogens is 506 g/mol. The van der Waals surface area contributed by atoms with E-state index in [4.69, 9.17) is 27.6 Å². The number of hydrogen-bond acceptors (Lipinski definition) is 4. The Morgan fingerprint density at radius 1 is 1.23 bits per heavy atom. The molecule has 9 heteroatoms. The van der Waals surface area contributed by atoms with E-state index in [1.165, 1.54) is 0 Å². The Morgan fingerprint density at radius 2 is 2.04 bits per heavy atom. The van der Waals surface area contributed by atoms with E-state index in [2.05, 4.69) is 20.6 Å². The van der Waals surface area contributed by atoms with Crippen LogP contribution in [0.15, 0.2) is 51.4 Å². The Morgan fingerprint density at radius 3 is 2.73 bits per heavy atom. The molecule has 2 aromatic heterocycles. The van der Waals surface area contributed by atoms with Crippen molar-refractivity contribution in [2.45, 2.75) is 13.1 Å². The second-order valence-electron chi connectivity index (χ2n) is 5.14. The molecule has 2 heterocycles. The monoisotopic (exact) mass is 522 g/mol. The maximum absolute atomic E-state index is 6.17. The SMILES string of the molecule is CN=C(NCc1coc(-c2cccs2)n1)NCc1ccc(Cl)cc1Cl.I. The number of aliphatic imine (C=N–C) groups is 1. The predicted octanol–water partition coefficient (Wildman–Crippen LogP) is 5.19. The zero-order chi connectivity index (χ0) is 17.6. The van der Waals surface area contributed by atoms with Crippen molar-refractivity contribution in [1.82, 2.24) is 15.6 Å². The van der Waals surface area contributed by atoms with Crippen molar-refractivity contribution >= 4 is 64.5 Å². The fourth-order valence-corrected chi connectivity index (χ4v) is 3.27. The Kier molecular flexibility index (Phi) is 8.20. The summed E-state index contributed by atoms with van der Waals surface area (Å²) in [6, 6.07) is 9.36. The van der Waals surface area contributed by atoms with Gasteiger partial charge in [0.15, 0.2) is 5.96 Å². The maximum atomic E-state index is 6.17. The van der Waals surface area contributed by atoms with Crippen LogP contribution < -0.4 is 10.6 Å². The molecule has 0 aliphatic carbocycles. The molecule has 0 fully saturated rings. The minimum absolute atomic E-state index is 0. The van der Waals surface area contributed by atoms with Crippen molar-refractivity contribution in [1.29, 1.82) is 0 Å². The van der Waals surface area contributed by atoms with Gasteiger partial charge in [-0.3, -0.25) is 4.99 Å². The third-order valence-electron chi connectivity index (χ3n) is 3.41. The van der Waals surface area contributed by atoms with Crippen LogP contribution in [0.25, 0.3) is 10.8 Å². The number of benzene rings is 1. The average molecular weight is 523 g/mol. The summed E-state index contributed by atoms with van der Waals surface area (Å²) in [7, 11) is 1.71. The summed E-state index contributed by atoms with van der Waals surface area (Å²) in [5, 5.41) is 9.63. The molecule has 0 spiro atoms. The number of halogens is 3. The molecule has 0 radical (unpaired) electrons. The fourth-order valence-electron chi connectivity index (χ4n) is 2.14. The largest absolute Gasteiger partial charge is 0.443 e. The molecule has 0 saturated heterocycles. The van der Waals surface area contributed by atoms with E-state index in [1.807, 2.05) is 29.6 Å². The van der Waals surface area contributed by atoms with Crippen molar-refractivity contribution in [3.05, 3.63) is 63.3 Å². The Balaban J connectivity index is 0.00000243. The predicted molar refractivity (Wildman–Crippen MR) is 119 cm³/mol. The minimum atomic E-state index is 0. The van der Waals surface area contributed by atoms with Gasteiger partial charge in [0.2, 0.25) is 5.89 Å². The van der Waals surface area contributed by atoms with Crippen LogP contribution in [-0.4, -0.2) is 18.0 Å². The number of nitrogens with zero attached hydrogens (tertiary/aromatic N) is 2. The third-order valence-corrected chi connectivity index (χ3v) is 4.85. The van der Waals surface area contributed by atoms with E-state index >= 15 is 0 Å². The Labute approximate surface area is 182 Å². The molecule has 0 saturated carbocycles.